The second kappa shape index (κ2) is 8.09. The van der Waals surface area contributed by atoms with Crippen LogP contribution in [0.15, 0.2) is 42.5 Å². The van der Waals surface area contributed by atoms with Crippen LogP contribution in [0.2, 0.25) is 0 Å². The zero-order valence-electron chi connectivity index (χ0n) is 16.3. The number of nitrogens with zero attached hydrogens (tertiary/aromatic N) is 1. The summed E-state index contributed by atoms with van der Waals surface area (Å²) in [4.78, 5) is 15.4. The first-order valence-electron chi connectivity index (χ1n) is 8.94. The third-order valence-electron chi connectivity index (χ3n) is 4.26. The van der Waals surface area contributed by atoms with Gasteiger partial charge in [-0.15, -0.1) is 0 Å². The minimum Gasteiger partial charge on any atom is -0.483 e. The van der Waals surface area contributed by atoms with Crippen LogP contribution in [0.3, 0.4) is 0 Å². The van der Waals surface area contributed by atoms with Gasteiger partial charge in [0.2, 0.25) is 0 Å². The maximum Gasteiger partial charge on any atom is 0.433 e. The summed E-state index contributed by atoms with van der Waals surface area (Å²) in [6.07, 6.45) is -9.93. The standard InChI is InChI=1S/C21H16F6N2O2/c1-11-6-12(2)8-13(7-11)28-18(30)10-31-16-9-17(21(25,26)27)29-19-14(16)4-3-5-15(19)20(22,23)24/h3-9H,10H2,1-2H3,(H,28,30). The van der Waals surface area contributed by atoms with E-state index in [1.54, 1.807) is 12.1 Å². The number of aryl methyl sites for hydroxylation is 2. The highest BCUT2D eigenvalue weighted by molar-refractivity contribution is 5.93. The van der Waals surface area contributed by atoms with Gasteiger partial charge in [-0.3, -0.25) is 4.79 Å². The van der Waals surface area contributed by atoms with Crippen molar-refractivity contribution in [3.63, 3.8) is 0 Å². The summed E-state index contributed by atoms with van der Waals surface area (Å²) in [5.74, 6) is -1.21. The van der Waals surface area contributed by atoms with Gasteiger partial charge in [0, 0.05) is 17.1 Å². The van der Waals surface area contributed by atoms with Crippen molar-refractivity contribution in [3.8, 4) is 5.75 Å². The predicted molar refractivity (Wildman–Crippen MR) is 102 cm³/mol. The largest absolute Gasteiger partial charge is 0.483 e. The minimum atomic E-state index is -5.01. The molecule has 0 aliphatic rings. The molecular formula is C21H16F6N2O2. The molecule has 0 unspecified atom stereocenters. The van der Waals surface area contributed by atoms with E-state index in [-0.39, 0.29) is 5.39 Å². The molecule has 1 amide bonds. The third kappa shape index (κ3) is 5.25. The van der Waals surface area contributed by atoms with Crippen molar-refractivity contribution in [2.24, 2.45) is 0 Å². The molecule has 0 saturated heterocycles. The minimum absolute atomic E-state index is 0.290. The number of hydrogen-bond donors (Lipinski definition) is 1. The molecule has 1 aromatic heterocycles. The summed E-state index contributed by atoms with van der Waals surface area (Å²) in [6, 6.07) is 8.54. The number of ether oxygens (including phenoxy) is 1. The Bertz CT molecular complexity index is 1120. The van der Waals surface area contributed by atoms with Crippen LogP contribution in [0.4, 0.5) is 32.0 Å². The molecule has 0 fully saturated rings. The number of benzene rings is 2. The molecule has 31 heavy (non-hydrogen) atoms. The number of pyridine rings is 1. The summed E-state index contributed by atoms with van der Waals surface area (Å²) in [5.41, 5.74) is -1.57. The normalized spacial score (nSPS) is 12.1. The number of rotatable bonds is 4. The number of para-hydroxylation sites is 1. The van der Waals surface area contributed by atoms with E-state index in [9.17, 15) is 31.1 Å². The van der Waals surface area contributed by atoms with Gasteiger partial charge in [-0.25, -0.2) is 4.98 Å². The van der Waals surface area contributed by atoms with E-state index in [2.05, 4.69) is 10.3 Å². The SMILES string of the molecule is Cc1cc(C)cc(NC(=O)COc2cc(C(F)(F)F)nc3c(C(F)(F)F)cccc23)c1. The summed E-state index contributed by atoms with van der Waals surface area (Å²) >= 11 is 0. The lowest BCUT2D eigenvalue weighted by Crippen LogP contribution is -2.21. The molecule has 0 spiro atoms. The number of nitrogens with one attached hydrogen (secondary N) is 1. The van der Waals surface area contributed by atoms with Gasteiger partial charge in [0.25, 0.3) is 5.91 Å². The van der Waals surface area contributed by atoms with E-state index < -0.39 is 47.4 Å². The molecular weight excluding hydrogens is 426 g/mol. The fraction of sp³-hybridized carbons (Fsp3) is 0.238. The molecule has 164 valence electrons. The molecule has 3 rings (SSSR count). The van der Waals surface area contributed by atoms with Crippen LogP contribution in [0.25, 0.3) is 10.9 Å². The molecule has 10 heteroatoms. The molecule has 0 aliphatic heterocycles. The number of halogens is 6. The molecule has 0 bridgehead atoms. The smallest absolute Gasteiger partial charge is 0.433 e. The van der Waals surface area contributed by atoms with Crippen LogP contribution < -0.4 is 10.1 Å². The van der Waals surface area contributed by atoms with E-state index in [4.69, 9.17) is 4.74 Å². The van der Waals surface area contributed by atoms with Crippen molar-refractivity contribution in [2.45, 2.75) is 26.2 Å². The average Bonchev–Trinajstić information content (AvgIpc) is 2.63. The Labute approximate surface area is 172 Å². The van der Waals surface area contributed by atoms with Crippen molar-refractivity contribution < 1.29 is 35.9 Å². The number of aromatic nitrogens is 1. The second-order valence-corrected chi connectivity index (χ2v) is 6.92. The summed E-state index contributed by atoms with van der Waals surface area (Å²) in [5, 5.41) is 2.25. The molecule has 0 saturated carbocycles. The lowest BCUT2D eigenvalue weighted by atomic mass is 10.1. The maximum absolute atomic E-state index is 13.3. The van der Waals surface area contributed by atoms with Gasteiger partial charge >= 0.3 is 12.4 Å². The zero-order chi connectivity index (χ0) is 23.0. The van der Waals surface area contributed by atoms with Crippen LogP contribution in [0.1, 0.15) is 22.4 Å². The Morgan fingerprint density at radius 1 is 0.968 bits per heavy atom. The Morgan fingerprint density at radius 2 is 1.61 bits per heavy atom. The number of amides is 1. The second-order valence-electron chi connectivity index (χ2n) is 6.92. The van der Waals surface area contributed by atoms with Crippen molar-refractivity contribution in [1.82, 2.24) is 4.98 Å². The third-order valence-corrected chi connectivity index (χ3v) is 4.26. The lowest BCUT2D eigenvalue weighted by Gasteiger charge is -2.16. The number of fused-ring (bicyclic) bond motifs is 1. The quantitative estimate of drug-likeness (QED) is 0.512. The first-order valence-corrected chi connectivity index (χ1v) is 8.94. The van der Waals surface area contributed by atoms with Crippen molar-refractivity contribution in [2.75, 3.05) is 11.9 Å². The van der Waals surface area contributed by atoms with Crippen LogP contribution >= 0.6 is 0 Å². The molecule has 1 heterocycles. The van der Waals surface area contributed by atoms with Crippen molar-refractivity contribution >= 4 is 22.5 Å². The molecule has 4 nitrogen and oxygen atoms in total. The van der Waals surface area contributed by atoms with E-state index in [1.165, 1.54) is 0 Å². The number of anilines is 1. The van der Waals surface area contributed by atoms with Gasteiger partial charge in [0.1, 0.15) is 11.4 Å². The lowest BCUT2D eigenvalue weighted by molar-refractivity contribution is -0.142. The number of carbonyl (C=O) groups is 1. The van der Waals surface area contributed by atoms with E-state index in [0.717, 1.165) is 23.3 Å². The molecule has 0 aliphatic carbocycles. The monoisotopic (exact) mass is 442 g/mol. The highest BCUT2D eigenvalue weighted by atomic mass is 19.4. The Kier molecular flexibility index (Phi) is 5.84. The van der Waals surface area contributed by atoms with Gasteiger partial charge in [-0.1, -0.05) is 12.1 Å². The molecule has 0 atom stereocenters. The van der Waals surface area contributed by atoms with Gasteiger partial charge in [0.05, 0.1) is 11.1 Å². The number of alkyl halides is 6. The average molecular weight is 442 g/mol. The molecule has 2 aromatic carbocycles. The Morgan fingerprint density at radius 3 is 2.19 bits per heavy atom. The highest BCUT2D eigenvalue weighted by Crippen LogP contribution is 2.39. The van der Waals surface area contributed by atoms with Crippen LogP contribution in [0, 0.1) is 13.8 Å². The Hall–Kier alpha value is -3.30. The van der Waals surface area contributed by atoms with Crippen LogP contribution in [-0.2, 0) is 17.1 Å². The first kappa shape index (κ1) is 22.4. The van der Waals surface area contributed by atoms with Crippen LogP contribution in [-0.4, -0.2) is 17.5 Å². The topological polar surface area (TPSA) is 51.2 Å². The highest BCUT2D eigenvalue weighted by Gasteiger charge is 2.37. The van der Waals surface area contributed by atoms with Crippen molar-refractivity contribution in [3.05, 3.63) is 64.8 Å². The van der Waals surface area contributed by atoms with E-state index >= 15 is 0 Å². The first-order chi connectivity index (χ1) is 14.3. The fourth-order valence-electron chi connectivity index (χ4n) is 3.10. The van der Waals surface area contributed by atoms with Gasteiger partial charge in [-0.2, -0.15) is 26.3 Å². The summed E-state index contributed by atoms with van der Waals surface area (Å²) < 4.78 is 84.6. The maximum atomic E-state index is 13.3. The van der Waals surface area contributed by atoms with Gasteiger partial charge in [-0.05, 0) is 49.2 Å². The van der Waals surface area contributed by atoms with Gasteiger partial charge < -0.3 is 10.1 Å². The molecule has 1 N–H and O–H groups in total. The fourth-order valence-corrected chi connectivity index (χ4v) is 3.10. The van der Waals surface area contributed by atoms with Crippen LogP contribution in [0.5, 0.6) is 5.75 Å². The Balaban J connectivity index is 1.94. The zero-order valence-corrected chi connectivity index (χ0v) is 16.3. The number of hydrogen-bond acceptors (Lipinski definition) is 3. The summed E-state index contributed by atoms with van der Waals surface area (Å²) in [7, 11) is 0. The number of carbonyl (C=O) groups excluding carboxylic acids is 1. The predicted octanol–water partition coefficient (Wildman–Crippen LogP) is 5.91. The molecule has 3 aromatic rings. The molecule has 0 radical (unpaired) electrons. The van der Waals surface area contributed by atoms with E-state index in [1.807, 2.05) is 19.9 Å². The van der Waals surface area contributed by atoms with E-state index in [0.29, 0.717) is 17.8 Å². The summed E-state index contributed by atoms with van der Waals surface area (Å²) in [6.45, 7) is 2.93. The van der Waals surface area contributed by atoms with Gasteiger partial charge in [0.15, 0.2) is 6.61 Å². The van der Waals surface area contributed by atoms with Crippen molar-refractivity contribution in [1.29, 1.82) is 0 Å².